The first-order valence-electron chi connectivity index (χ1n) is 6.60. The van der Waals surface area contributed by atoms with Gasteiger partial charge in [0.05, 0.1) is 30.5 Å². The maximum absolute atomic E-state index is 13.8. The number of halogens is 3. The van der Waals surface area contributed by atoms with Crippen LogP contribution >= 0.6 is 27.5 Å². The number of esters is 2. The van der Waals surface area contributed by atoms with E-state index in [4.69, 9.17) is 21.1 Å². The van der Waals surface area contributed by atoms with E-state index in [1.807, 2.05) is 0 Å². The van der Waals surface area contributed by atoms with Crippen molar-refractivity contribution >= 4 is 45.2 Å². The summed E-state index contributed by atoms with van der Waals surface area (Å²) < 4.78 is 23.6. The van der Waals surface area contributed by atoms with Crippen LogP contribution in [0.25, 0.3) is 0 Å². The number of hydrogen-bond acceptors (Lipinski definition) is 5. The molecule has 0 spiro atoms. The lowest BCUT2D eigenvalue weighted by molar-refractivity contribution is -0.139. The van der Waals surface area contributed by atoms with Crippen LogP contribution in [-0.2, 0) is 19.1 Å². The molecule has 2 rings (SSSR count). The van der Waals surface area contributed by atoms with Crippen molar-refractivity contribution in [1.29, 1.82) is 0 Å². The third-order valence-electron chi connectivity index (χ3n) is 3.12. The van der Waals surface area contributed by atoms with Gasteiger partial charge in [-0.2, -0.15) is 0 Å². The highest BCUT2D eigenvalue weighted by Crippen LogP contribution is 2.37. The summed E-state index contributed by atoms with van der Waals surface area (Å²) in [5.74, 6) is -2.12. The molecule has 5 nitrogen and oxygen atoms in total. The number of carbonyl (C=O) groups is 2. The van der Waals surface area contributed by atoms with Crippen molar-refractivity contribution in [3.05, 3.63) is 63.1 Å². The second-order valence-corrected chi connectivity index (χ2v) is 5.77. The first-order chi connectivity index (χ1) is 11.4. The number of anilines is 1. The van der Waals surface area contributed by atoms with Crippen LogP contribution in [0.3, 0.4) is 0 Å². The largest absolute Gasteiger partial charge is 0.465 e. The molecule has 0 saturated heterocycles. The second-order valence-electron chi connectivity index (χ2n) is 4.54. The van der Waals surface area contributed by atoms with Crippen LogP contribution in [0.1, 0.15) is 0 Å². The molecular formula is C16H12BrClFNO4. The summed E-state index contributed by atoms with van der Waals surface area (Å²) in [6.45, 7) is 0. The van der Waals surface area contributed by atoms with Gasteiger partial charge in [-0.15, -0.1) is 0 Å². The Hall–Kier alpha value is -2.12. The van der Waals surface area contributed by atoms with Gasteiger partial charge in [-0.3, -0.25) is 0 Å². The molecule has 126 valence electrons. The molecule has 0 aliphatic carbocycles. The number of benzene rings is 1. The highest BCUT2D eigenvalue weighted by Gasteiger charge is 2.29. The van der Waals surface area contributed by atoms with Crippen molar-refractivity contribution in [2.75, 3.05) is 19.1 Å². The maximum Gasteiger partial charge on any atom is 0.355 e. The summed E-state index contributed by atoms with van der Waals surface area (Å²) in [4.78, 5) is 25.6. The van der Waals surface area contributed by atoms with Gasteiger partial charge >= 0.3 is 11.9 Å². The second kappa shape index (κ2) is 7.63. The smallest absolute Gasteiger partial charge is 0.355 e. The van der Waals surface area contributed by atoms with Gasteiger partial charge in [0.2, 0.25) is 0 Å². The number of hydrogen-bond donors (Lipinski definition) is 0. The van der Waals surface area contributed by atoms with E-state index in [0.29, 0.717) is 4.47 Å². The first kappa shape index (κ1) is 18.2. The monoisotopic (exact) mass is 415 g/mol. The number of rotatable bonds is 3. The van der Waals surface area contributed by atoms with Gasteiger partial charge in [0.25, 0.3) is 0 Å². The highest BCUT2D eigenvalue weighted by molar-refractivity contribution is 9.10. The van der Waals surface area contributed by atoms with Crippen molar-refractivity contribution in [2.24, 2.45) is 0 Å². The maximum atomic E-state index is 13.8. The molecule has 0 bridgehead atoms. The Labute approximate surface area is 151 Å². The molecule has 8 heteroatoms. The van der Waals surface area contributed by atoms with Crippen molar-refractivity contribution in [3.63, 3.8) is 0 Å². The molecule has 0 atom stereocenters. The van der Waals surface area contributed by atoms with Gasteiger partial charge in [0.1, 0.15) is 11.5 Å². The van der Waals surface area contributed by atoms with E-state index in [1.54, 1.807) is 6.08 Å². The van der Waals surface area contributed by atoms with Crippen LogP contribution < -0.4 is 4.90 Å². The number of nitrogens with zero attached hydrogens (tertiary/aromatic N) is 1. The molecular weight excluding hydrogens is 405 g/mol. The first-order valence-corrected chi connectivity index (χ1v) is 7.77. The number of methoxy groups -OCH3 is 2. The molecule has 0 N–H and O–H groups in total. The lowest BCUT2D eigenvalue weighted by Gasteiger charge is -2.24. The average Bonchev–Trinajstić information content (AvgIpc) is 2.79. The molecule has 1 aliphatic rings. The summed E-state index contributed by atoms with van der Waals surface area (Å²) in [5.41, 5.74) is -0.0372. The topological polar surface area (TPSA) is 55.8 Å². The Morgan fingerprint density at radius 1 is 1.17 bits per heavy atom. The van der Waals surface area contributed by atoms with Crippen LogP contribution in [0.15, 0.2) is 52.3 Å². The molecule has 0 amide bonds. The van der Waals surface area contributed by atoms with E-state index in [0.717, 1.165) is 6.07 Å². The summed E-state index contributed by atoms with van der Waals surface area (Å²) in [6, 6.07) is 2.33. The van der Waals surface area contributed by atoms with E-state index in [9.17, 15) is 14.0 Å². The summed E-state index contributed by atoms with van der Waals surface area (Å²) in [7, 11) is 2.36. The molecule has 24 heavy (non-hydrogen) atoms. The van der Waals surface area contributed by atoms with E-state index in [1.165, 1.54) is 43.5 Å². The number of ether oxygens (including phenoxy) is 2. The summed E-state index contributed by atoms with van der Waals surface area (Å²) in [5, 5.41) is 0.161. The van der Waals surface area contributed by atoms with Crippen molar-refractivity contribution in [3.8, 4) is 0 Å². The van der Waals surface area contributed by atoms with Gasteiger partial charge in [-0.1, -0.05) is 17.7 Å². The zero-order chi connectivity index (χ0) is 17.9. The molecule has 1 aromatic rings. The lowest BCUT2D eigenvalue weighted by atomic mass is 10.1. The molecule has 0 unspecified atom stereocenters. The Bertz CT molecular complexity index is 789. The molecule has 0 aromatic heterocycles. The van der Waals surface area contributed by atoms with Crippen LogP contribution in [-0.4, -0.2) is 26.2 Å². The van der Waals surface area contributed by atoms with Gasteiger partial charge in [0, 0.05) is 10.7 Å². The third-order valence-corrected chi connectivity index (χ3v) is 4.37. The summed E-state index contributed by atoms with van der Waals surface area (Å²) in [6.07, 6.45) is 5.97. The SMILES string of the molecule is COC(=O)C1=C(C(=O)OC)N(c2cc(F)cc(Br)c2Cl)C=CC=C1. The van der Waals surface area contributed by atoms with E-state index in [-0.39, 0.29) is 22.0 Å². The van der Waals surface area contributed by atoms with Crippen molar-refractivity contribution < 1.29 is 23.5 Å². The summed E-state index contributed by atoms with van der Waals surface area (Å²) >= 11 is 9.38. The standard InChI is InChI=1S/C16H12BrClFNO4/c1-23-15(21)10-5-3-4-6-20(14(10)16(22)24-2)12-8-9(19)7-11(17)13(12)18/h3-8H,1-2H3. The van der Waals surface area contributed by atoms with E-state index >= 15 is 0 Å². The quantitative estimate of drug-likeness (QED) is 0.555. The molecule has 1 aromatic carbocycles. The van der Waals surface area contributed by atoms with Crippen molar-refractivity contribution in [2.45, 2.75) is 0 Å². The van der Waals surface area contributed by atoms with Crippen LogP contribution in [0.4, 0.5) is 10.1 Å². The molecule has 1 heterocycles. The highest BCUT2D eigenvalue weighted by atomic mass is 79.9. The fourth-order valence-electron chi connectivity index (χ4n) is 2.07. The molecule has 0 radical (unpaired) electrons. The number of carbonyl (C=O) groups excluding carboxylic acids is 2. The lowest BCUT2D eigenvalue weighted by Crippen LogP contribution is -2.27. The fraction of sp³-hybridized carbons (Fsp3) is 0.125. The zero-order valence-corrected chi connectivity index (χ0v) is 15.0. The van der Waals surface area contributed by atoms with Crippen LogP contribution in [0.5, 0.6) is 0 Å². The van der Waals surface area contributed by atoms with Crippen LogP contribution in [0.2, 0.25) is 5.02 Å². The van der Waals surface area contributed by atoms with Crippen molar-refractivity contribution in [1.82, 2.24) is 0 Å². The van der Waals surface area contributed by atoms with Gasteiger partial charge < -0.3 is 14.4 Å². The predicted octanol–water partition coefficient (Wildman–Crippen LogP) is 3.73. The minimum absolute atomic E-state index is 0.0502. The van der Waals surface area contributed by atoms with E-state index in [2.05, 4.69) is 15.9 Å². The molecule has 0 saturated carbocycles. The van der Waals surface area contributed by atoms with Gasteiger partial charge in [-0.25, -0.2) is 14.0 Å². The minimum Gasteiger partial charge on any atom is -0.465 e. The fourth-order valence-corrected chi connectivity index (χ4v) is 2.69. The van der Waals surface area contributed by atoms with Gasteiger partial charge in [0.15, 0.2) is 0 Å². The normalized spacial score (nSPS) is 13.8. The van der Waals surface area contributed by atoms with E-state index < -0.39 is 17.8 Å². The average molecular weight is 417 g/mol. The molecule has 0 fully saturated rings. The Morgan fingerprint density at radius 3 is 2.46 bits per heavy atom. The zero-order valence-electron chi connectivity index (χ0n) is 12.7. The number of allylic oxidation sites excluding steroid dienone is 2. The minimum atomic E-state index is -0.803. The Morgan fingerprint density at radius 2 is 1.83 bits per heavy atom. The van der Waals surface area contributed by atoms with Crippen LogP contribution in [0, 0.1) is 5.82 Å². The predicted molar refractivity (Wildman–Crippen MR) is 90.9 cm³/mol. The third kappa shape index (κ3) is 3.52. The Kier molecular flexibility index (Phi) is 5.80. The van der Waals surface area contributed by atoms with Gasteiger partial charge in [-0.05, 0) is 40.2 Å². The molecule has 1 aliphatic heterocycles. The Balaban J connectivity index is 2.75.